The summed E-state index contributed by atoms with van der Waals surface area (Å²) in [6.07, 6.45) is 4.65. The van der Waals surface area contributed by atoms with Crippen LogP contribution < -0.4 is 9.47 Å². The number of ether oxygens (including phenoxy) is 2. The number of hydrogen-bond donors (Lipinski definition) is 0. The summed E-state index contributed by atoms with van der Waals surface area (Å²) >= 11 is 0. The zero-order valence-electron chi connectivity index (χ0n) is 18.1. The van der Waals surface area contributed by atoms with E-state index in [0.29, 0.717) is 22.5 Å². The van der Waals surface area contributed by atoms with Gasteiger partial charge in [-0.25, -0.2) is 0 Å². The second-order valence-corrected chi connectivity index (χ2v) is 8.66. The summed E-state index contributed by atoms with van der Waals surface area (Å²) in [5, 5.41) is 0. The summed E-state index contributed by atoms with van der Waals surface area (Å²) in [6, 6.07) is 16.1. The molecule has 0 atom stereocenters. The van der Waals surface area contributed by atoms with E-state index < -0.39 is 0 Å². The number of carbonyl (C=O) groups is 1. The number of amides is 1. The summed E-state index contributed by atoms with van der Waals surface area (Å²) < 4.78 is 10.6. The average molecular weight is 409 g/mol. The Morgan fingerprint density at radius 2 is 1.43 bits per heavy atom. The van der Waals surface area contributed by atoms with Gasteiger partial charge in [-0.2, -0.15) is 0 Å². The fourth-order valence-electron chi connectivity index (χ4n) is 4.82. The van der Waals surface area contributed by atoms with Crippen LogP contribution in [0.1, 0.15) is 41.6 Å². The molecule has 1 spiro atoms. The second-order valence-electron chi connectivity index (χ2n) is 8.66. The molecule has 2 aliphatic heterocycles. The third-order valence-electron chi connectivity index (χ3n) is 6.88. The Bertz CT molecular complexity index is 828. The van der Waals surface area contributed by atoms with Crippen molar-refractivity contribution in [3.63, 3.8) is 0 Å². The zero-order valence-corrected chi connectivity index (χ0v) is 18.1. The average Bonchev–Trinajstić information content (AvgIpc) is 2.81. The summed E-state index contributed by atoms with van der Waals surface area (Å²) in [5.74, 6) is 1.37. The first-order valence-corrected chi connectivity index (χ1v) is 10.9. The van der Waals surface area contributed by atoms with Gasteiger partial charge < -0.3 is 14.4 Å². The molecule has 2 heterocycles. The van der Waals surface area contributed by atoms with E-state index in [4.69, 9.17) is 9.47 Å². The Morgan fingerprint density at radius 3 is 2.00 bits per heavy atom. The quantitative estimate of drug-likeness (QED) is 0.743. The number of rotatable bonds is 5. The predicted molar refractivity (Wildman–Crippen MR) is 118 cm³/mol. The highest BCUT2D eigenvalue weighted by atomic mass is 16.5. The molecule has 0 aromatic heterocycles. The predicted octanol–water partition coefficient (Wildman–Crippen LogP) is 4.22. The largest absolute Gasteiger partial charge is 0.497 e. The lowest BCUT2D eigenvalue weighted by Gasteiger charge is -2.47. The molecular weight excluding hydrogens is 376 g/mol. The minimum atomic E-state index is 0.0727. The van der Waals surface area contributed by atoms with Crippen molar-refractivity contribution >= 4 is 5.91 Å². The third-order valence-corrected chi connectivity index (χ3v) is 6.88. The lowest BCUT2D eigenvalue weighted by atomic mass is 9.71. The minimum absolute atomic E-state index is 0.0727. The van der Waals surface area contributed by atoms with Crippen LogP contribution in [0.4, 0.5) is 0 Å². The van der Waals surface area contributed by atoms with Gasteiger partial charge >= 0.3 is 0 Å². The van der Waals surface area contributed by atoms with E-state index in [9.17, 15) is 4.79 Å². The van der Waals surface area contributed by atoms with Gasteiger partial charge in [0.15, 0.2) is 0 Å². The van der Waals surface area contributed by atoms with E-state index in [1.165, 1.54) is 18.4 Å². The summed E-state index contributed by atoms with van der Waals surface area (Å²) in [7, 11) is 3.22. The van der Waals surface area contributed by atoms with Crippen LogP contribution in [0.15, 0.2) is 48.5 Å². The summed E-state index contributed by atoms with van der Waals surface area (Å²) in [5.41, 5.74) is 2.43. The minimum Gasteiger partial charge on any atom is -0.497 e. The molecule has 30 heavy (non-hydrogen) atoms. The second kappa shape index (κ2) is 9.09. The van der Waals surface area contributed by atoms with E-state index in [2.05, 4.69) is 35.2 Å². The molecule has 0 aliphatic carbocycles. The third kappa shape index (κ3) is 4.62. The van der Waals surface area contributed by atoms with Crippen molar-refractivity contribution in [3.8, 4) is 11.5 Å². The highest BCUT2D eigenvalue weighted by Crippen LogP contribution is 2.41. The summed E-state index contributed by atoms with van der Waals surface area (Å²) in [4.78, 5) is 17.6. The van der Waals surface area contributed by atoms with Gasteiger partial charge in [0.05, 0.1) is 14.2 Å². The number of hydrogen-bond acceptors (Lipinski definition) is 4. The molecule has 0 radical (unpaired) electrons. The molecule has 1 amide bonds. The molecule has 4 rings (SSSR count). The maximum absolute atomic E-state index is 13.1. The maximum Gasteiger partial charge on any atom is 0.254 e. The van der Waals surface area contributed by atoms with E-state index in [1.54, 1.807) is 32.4 Å². The normalized spacial score (nSPS) is 18.9. The van der Waals surface area contributed by atoms with Crippen LogP contribution in [0, 0.1) is 5.41 Å². The van der Waals surface area contributed by atoms with E-state index >= 15 is 0 Å². The van der Waals surface area contributed by atoms with Crippen LogP contribution in [0.3, 0.4) is 0 Å². The fourth-order valence-corrected chi connectivity index (χ4v) is 4.82. The fraction of sp³-hybridized carbons (Fsp3) is 0.480. The molecule has 0 bridgehead atoms. The Kier molecular flexibility index (Phi) is 6.28. The number of benzene rings is 2. The number of likely N-dealkylation sites (tertiary alicyclic amines) is 2. The van der Waals surface area contributed by atoms with Gasteiger partial charge in [-0.15, -0.1) is 0 Å². The van der Waals surface area contributed by atoms with Crippen LogP contribution in [0.5, 0.6) is 11.5 Å². The van der Waals surface area contributed by atoms with Crippen molar-refractivity contribution < 1.29 is 14.3 Å². The van der Waals surface area contributed by atoms with Gasteiger partial charge in [0.25, 0.3) is 5.91 Å². The van der Waals surface area contributed by atoms with Crippen molar-refractivity contribution in [1.82, 2.24) is 9.80 Å². The van der Waals surface area contributed by atoms with E-state index in [1.807, 2.05) is 4.90 Å². The van der Waals surface area contributed by atoms with Crippen molar-refractivity contribution in [3.05, 3.63) is 59.7 Å². The summed E-state index contributed by atoms with van der Waals surface area (Å²) in [6.45, 7) is 5.00. The van der Waals surface area contributed by atoms with Crippen LogP contribution >= 0.6 is 0 Å². The lowest BCUT2D eigenvalue weighted by molar-refractivity contribution is 0.0285. The first kappa shape index (κ1) is 20.7. The maximum atomic E-state index is 13.1. The molecule has 2 fully saturated rings. The topological polar surface area (TPSA) is 42.0 Å². The molecule has 2 aromatic rings. The van der Waals surface area contributed by atoms with Gasteiger partial charge in [-0.05, 0) is 61.9 Å². The van der Waals surface area contributed by atoms with Crippen LogP contribution in [-0.2, 0) is 6.54 Å². The number of carbonyl (C=O) groups excluding carboxylic acids is 1. The molecule has 5 nitrogen and oxygen atoms in total. The molecule has 5 heteroatoms. The molecule has 0 N–H and O–H groups in total. The monoisotopic (exact) mass is 408 g/mol. The van der Waals surface area contributed by atoms with E-state index in [0.717, 1.165) is 45.6 Å². The van der Waals surface area contributed by atoms with E-state index in [-0.39, 0.29) is 5.91 Å². The number of nitrogens with zero attached hydrogens (tertiary/aromatic N) is 2. The van der Waals surface area contributed by atoms with Gasteiger partial charge in [0.2, 0.25) is 0 Å². The van der Waals surface area contributed by atoms with Gasteiger partial charge in [0.1, 0.15) is 11.5 Å². The van der Waals surface area contributed by atoms with Crippen LogP contribution in [0.2, 0.25) is 0 Å². The first-order valence-electron chi connectivity index (χ1n) is 10.9. The lowest BCUT2D eigenvalue weighted by Crippen LogP contribution is -2.48. The van der Waals surface area contributed by atoms with Crippen molar-refractivity contribution in [1.29, 1.82) is 0 Å². The molecule has 0 saturated carbocycles. The molecule has 0 unspecified atom stereocenters. The molecule has 2 aromatic carbocycles. The van der Waals surface area contributed by atoms with Crippen molar-refractivity contribution in [2.45, 2.75) is 32.2 Å². The highest BCUT2D eigenvalue weighted by Gasteiger charge is 2.38. The Labute approximate surface area is 179 Å². The van der Waals surface area contributed by atoms with Gasteiger partial charge in [-0.3, -0.25) is 9.69 Å². The Hall–Kier alpha value is -2.53. The Morgan fingerprint density at radius 1 is 0.867 bits per heavy atom. The van der Waals surface area contributed by atoms with Crippen molar-refractivity contribution in [2.24, 2.45) is 5.41 Å². The Balaban J connectivity index is 1.32. The first-order chi connectivity index (χ1) is 14.6. The molecular formula is C25H32N2O3. The van der Waals surface area contributed by atoms with Crippen LogP contribution in [-0.4, -0.2) is 56.1 Å². The molecule has 2 saturated heterocycles. The van der Waals surface area contributed by atoms with Crippen molar-refractivity contribution in [2.75, 3.05) is 40.4 Å². The number of piperidine rings is 2. The zero-order chi connectivity index (χ0) is 21.0. The smallest absolute Gasteiger partial charge is 0.254 e. The highest BCUT2D eigenvalue weighted by molar-refractivity contribution is 5.95. The SMILES string of the molecule is COc1cc(OC)cc(C(=O)N2CCC3(CCN(Cc4ccccc4)CC3)CC2)c1. The molecule has 160 valence electrons. The van der Waals surface area contributed by atoms with Gasteiger partial charge in [0, 0.05) is 31.3 Å². The standard InChI is InChI=1S/C25H32N2O3/c1-29-22-16-21(17-23(18-22)30-2)24(28)27-14-10-25(11-15-27)8-12-26(13-9-25)19-20-6-4-3-5-7-20/h3-7,16-18H,8-15,19H2,1-2H3. The van der Waals surface area contributed by atoms with Crippen LogP contribution in [0.25, 0.3) is 0 Å². The number of methoxy groups -OCH3 is 2. The molecule has 2 aliphatic rings. The van der Waals surface area contributed by atoms with Gasteiger partial charge in [-0.1, -0.05) is 30.3 Å².